The van der Waals surface area contributed by atoms with E-state index in [4.69, 9.17) is 4.52 Å². The van der Waals surface area contributed by atoms with Crippen LogP contribution in [0.1, 0.15) is 42.3 Å². The molecule has 0 atom stereocenters. The molecule has 0 saturated carbocycles. The lowest BCUT2D eigenvalue weighted by atomic mass is 10.1. The van der Waals surface area contributed by atoms with Crippen molar-refractivity contribution in [3.63, 3.8) is 0 Å². The Morgan fingerprint density at radius 3 is 2.57 bits per heavy atom. The van der Waals surface area contributed by atoms with Crippen molar-refractivity contribution < 1.29 is 4.52 Å². The molecule has 0 spiro atoms. The van der Waals surface area contributed by atoms with E-state index < -0.39 is 0 Å². The van der Waals surface area contributed by atoms with E-state index in [9.17, 15) is 0 Å². The second-order valence-corrected chi connectivity index (χ2v) is 6.39. The molecule has 3 aromatic heterocycles. The van der Waals surface area contributed by atoms with Crippen LogP contribution in [0.3, 0.4) is 0 Å². The van der Waals surface area contributed by atoms with Gasteiger partial charge in [-0.2, -0.15) is 0 Å². The van der Waals surface area contributed by atoms with Gasteiger partial charge in [-0.1, -0.05) is 25.1 Å². The van der Waals surface area contributed by atoms with Crippen molar-refractivity contribution >= 4 is 5.96 Å². The Hall–Kier alpha value is -3.16. The Kier molecular flexibility index (Phi) is 6.41. The van der Waals surface area contributed by atoms with Crippen LogP contribution in [-0.2, 0) is 25.9 Å². The van der Waals surface area contributed by atoms with E-state index in [1.165, 1.54) is 0 Å². The van der Waals surface area contributed by atoms with Gasteiger partial charge in [-0.15, -0.1) is 0 Å². The van der Waals surface area contributed by atoms with Crippen LogP contribution in [0.25, 0.3) is 5.82 Å². The molecule has 2 N–H and O–H groups in total. The third-order valence-corrected chi connectivity index (χ3v) is 4.60. The van der Waals surface area contributed by atoms with Gasteiger partial charge in [0.1, 0.15) is 17.4 Å². The van der Waals surface area contributed by atoms with Crippen molar-refractivity contribution in [1.82, 2.24) is 30.3 Å². The third kappa shape index (κ3) is 4.39. The normalized spacial score (nSPS) is 11.6. The van der Waals surface area contributed by atoms with Crippen LogP contribution in [0, 0.1) is 6.92 Å². The number of guanidine groups is 1. The number of pyridine rings is 1. The summed E-state index contributed by atoms with van der Waals surface area (Å²) in [6.45, 7) is 7.36. The van der Waals surface area contributed by atoms with Gasteiger partial charge in [-0.05, 0) is 25.0 Å². The smallest absolute Gasteiger partial charge is 0.191 e. The number of rotatable bonds is 7. The minimum Gasteiger partial charge on any atom is -0.361 e. The molecule has 0 radical (unpaired) electrons. The highest BCUT2D eigenvalue weighted by molar-refractivity contribution is 5.79. The molecule has 0 saturated heterocycles. The zero-order valence-electron chi connectivity index (χ0n) is 16.9. The van der Waals surface area contributed by atoms with Crippen LogP contribution in [-0.4, -0.2) is 32.7 Å². The predicted octanol–water partition coefficient (Wildman–Crippen LogP) is 2.55. The van der Waals surface area contributed by atoms with Crippen LogP contribution >= 0.6 is 0 Å². The molecule has 28 heavy (non-hydrogen) atoms. The predicted molar refractivity (Wildman–Crippen MR) is 108 cm³/mol. The topological polar surface area (TPSA) is 93.2 Å². The fourth-order valence-corrected chi connectivity index (χ4v) is 3.00. The number of aliphatic imine (C=N–C) groups is 1. The summed E-state index contributed by atoms with van der Waals surface area (Å²) in [4.78, 5) is 13.0. The van der Waals surface area contributed by atoms with Crippen molar-refractivity contribution in [2.75, 3.05) is 7.05 Å². The highest BCUT2D eigenvalue weighted by Crippen LogP contribution is 2.15. The lowest BCUT2D eigenvalue weighted by Crippen LogP contribution is -2.36. The molecule has 8 nitrogen and oxygen atoms in total. The lowest BCUT2D eigenvalue weighted by Gasteiger charge is -2.12. The van der Waals surface area contributed by atoms with Gasteiger partial charge < -0.3 is 15.2 Å². The maximum Gasteiger partial charge on any atom is 0.191 e. The molecule has 0 aliphatic carbocycles. The lowest BCUT2D eigenvalue weighted by molar-refractivity contribution is 0.380. The zero-order valence-corrected chi connectivity index (χ0v) is 16.9. The van der Waals surface area contributed by atoms with Crippen LogP contribution in [0.15, 0.2) is 40.2 Å². The zero-order chi connectivity index (χ0) is 19.9. The first-order chi connectivity index (χ1) is 13.7. The Morgan fingerprint density at radius 1 is 1.14 bits per heavy atom. The number of hydrogen-bond donors (Lipinski definition) is 2. The van der Waals surface area contributed by atoms with Crippen LogP contribution in [0.4, 0.5) is 0 Å². The monoisotopic (exact) mass is 381 g/mol. The first kappa shape index (κ1) is 19.6. The molecule has 3 aromatic rings. The molecule has 0 bridgehead atoms. The largest absolute Gasteiger partial charge is 0.361 e. The summed E-state index contributed by atoms with van der Waals surface area (Å²) < 4.78 is 7.37. The Bertz CT molecular complexity index is 903. The maximum absolute atomic E-state index is 5.42. The standard InChI is InChI=1S/C20H27N7O/c1-5-17-16(18(6-2)28-26-17)13-25-20(21-4)24-12-15-7-8-19(23-11-15)27-10-9-22-14(27)3/h7-11H,5-6,12-13H2,1-4H3,(H2,21,24,25). The van der Waals surface area contributed by atoms with Crippen molar-refractivity contribution in [3.05, 3.63) is 59.1 Å². The van der Waals surface area contributed by atoms with Gasteiger partial charge in [0.15, 0.2) is 5.96 Å². The molecule has 3 rings (SSSR count). The van der Waals surface area contributed by atoms with Gasteiger partial charge in [-0.25, -0.2) is 9.97 Å². The number of aromatic nitrogens is 4. The van der Waals surface area contributed by atoms with Crippen LogP contribution < -0.4 is 10.6 Å². The van der Waals surface area contributed by atoms with Gasteiger partial charge in [0.2, 0.25) is 0 Å². The molecule has 3 heterocycles. The Labute approximate surface area is 165 Å². The van der Waals surface area contributed by atoms with Crippen molar-refractivity contribution in [3.8, 4) is 5.82 Å². The summed E-state index contributed by atoms with van der Waals surface area (Å²) in [7, 11) is 1.76. The van der Waals surface area contributed by atoms with E-state index >= 15 is 0 Å². The average molecular weight is 381 g/mol. The molecule has 0 fully saturated rings. The van der Waals surface area contributed by atoms with Gasteiger partial charge in [0, 0.05) is 50.7 Å². The van der Waals surface area contributed by atoms with Gasteiger partial charge in [-0.3, -0.25) is 9.56 Å². The summed E-state index contributed by atoms with van der Waals surface area (Å²) >= 11 is 0. The number of hydrogen-bond acceptors (Lipinski definition) is 5. The number of imidazole rings is 1. The highest BCUT2D eigenvalue weighted by Gasteiger charge is 2.13. The molecule has 0 unspecified atom stereocenters. The van der Waals surface area contributed by atoms with Gasteiger partial charge >= 0.3 is 0 Å². The summed E-state index contributed by atoms with van der Waals surface area (Å²) in [5.74, 6) is 3.41. The number of nitrogens with zero attached hydrogens (tertiary/aromatic N) is 5. The first-order valence-electron chi connectivity index (χ1n) is 9.52. The molecule has 0 aliphatic rings. The Morgan fingerprint density at radius 2 is 1.96 bits per heavy atom. The second kappa shape index (κ2) is 9.16. The third-order valence-electron chi connectivity index (χ3n) is 4.60. The first-order valence-corrected chi connectivity index (χ1v) is 9.52. The number of aryl methyl sites for hydroxylation is 3. The molecule has 0 aliphatic heterocycles. The van der Waals surface area contributed by atoms with E-state index in [-0.39, 0.29) is 0 Å². The molecular weight excluding hydrogens is 354 g/mol. The summed E-state index contributed by atoms with van der Waals surface area (Å²) in [5, 5.41) is 10.8. The fourth-order valence-electron chi connectivity index (χ4n) is 3.00. The van der Waals surface area contributed by atoms with Crippen LogP contribution in [0.5, 0.6) is 0 Å². The minimum atomic E-state index is 0.626. The summed E-state index contributed by atoms with van der Waals surface area (Å²) in [5.41, 5.74) is 3.18. The quantitative estimate of drug-likeness (QED) is 0.483. The summed E-state index contributed by atoms with van der Waals surface area (Å²) in [6, 6.07) is 4.03. The van der Waals surface area contributed by atoms with Crippen molar-refractivity contribution in [1.29, 1.82) is 0 Å². The molecule has 0 amide bonds. The van der Waals surface area contributed by atoms with Gasteiger partial charge in [0.05, 0.1) is 5.69 Å². The van der Waals surface area contributed by atoms with Crippen LogP contribution in [0.2, 0.25) is 0 Å². The fraction of sp³-hybridized carbons (Fsp3) is 0.400. The molecule has 148 valence electrons. The van der Waals surface area contributed by atoms with Crippen molar-refractivity contribution in [2.24, 2.45) is 4.99 Å². The summed E-state index contributed by atoms with van der Waals surface area (Å²) in [6.07, 6.45) is 7.21. The highest BCUT2D eigenvalue weighted by atomic mass is 16.5. The van der Waals surface area contributed by atoms with E-state index in [2.05, 4.69) is 44.6 Å². The SMILES string of the molecule is CCc1noc(CC)c1CNC(=NC)NCc1ccc(-n2ccnc2C)nc1. The van der Waals surface area contributed by atoms with E-state index in [1.54, 1.807) is 13.2 Å². The second-order valence-electron chi connectivity index (χ2n) is 6.39. The number of nitrogens with one attached hydrogen (secondary N) is 2. The minimum absolute atomic E-state index is 0.626. The van der Waals surface area contributed by atoms with E-state index in [0.717, 1.165) is 53.0 Å². The van der Waals surface area contributed by atoms with E-state index in [1.807, 2.05) is 36.0 Å². The molecular formula is C20H27N7O. The Balaban J connectivity index is 1.57. The molecule has 8 heteroatoms. The maximum atomic E-state index is 5.42. The van der Waals surface area contributed by atoms with Crippen molar-refractivity contribution in [2.45, 2.75) is 46.7 Å². The van der Waals surface area contributed by atoms with Gasteiger partial charge in [0.25, 0.3) is 0 Å². The van der Waals surface area contributed by atoms with E-state index in [0.29, 0.717) is 13.1 Å². The molecule has 0 aromatic carbocycles. The average Bonchev–Trinajstić information content (AvgIpc) is 3.34.